The number of aromatic amines is 1. The summed E-state index contributed by atoms with van der Waals surface area (Å²) < 4.78 is 11.7. The van der Waals surface area contributed by atoms with Crippen LogP contribution in [-0.2, 0) is 23.9 Å². The van der Waals surface area contributed by atoms with Gasteiger partial charge in [-0.15, -0.1) is 0 Å². The van der Waals surface area contributed by atoms with E-state index < -0.39 is 103 Å². The molecule has 2 aliphatic heterocycles. The van der Waals surface area contributed by atoms with Gasteiger partial charge in [-0.3, -0.25) is 28.7 Å². The molecule has 2 fully saturated rings. The number of carbonyl (C=O) groups is 3. The van der Waals surface area contributed by atoms with Gasteiger partial charge < -0.3 is 56.5 Å². The fraction of sp³-hybridized carbons (Fsp3) is 0.696. The molecule has 230 valence electrons. The largest absolute Gasteiger partial charge is 0.394 e. The number of carbonyl (C=O) groups excluding carboxylic acids is 3. The number of rotatable bonds is 12. The minimum atomic E-state index is -1.70. The van der Waals surface area contributed by atoms with E-state index in [-0.39, 0.29) is 25.8 Å². The number of nitrogens with zero attached hydrogens (tertiary/aromatic N) is 1. The lowest BCUT2D eigenvalue weighted by Gasteiger charge is -2.39. The molecule has 3 heterocycles. The molecule has 1 aromatic rings. The number of nitrogens with two attached hydrogens (primary N) is 1. The molecule has 3 rings (SSSR count). The highest BCUT2D eigenvalue weighted by molar-refractivity contribution is 5.87. The van der Waals surface area contributed by atoms with Crippen LogP contribution in [0.15, 0.2) is 21.9 Å². The summed E-state index contributed by atoms with van der Waals surface area (Å²) in [5, 5.41) is 65.0. The fourth-order valence-corrected chi connectivity index (χ4v) is 4.61. The molecule has 0 aromatic carbocycles. The Labute approximate surface area is 231 Å². The molecule has 2 aliphatic rings. The number of aliphatic hydroxyl groups excluding tert-OH is 6. The minimum Gasteiger partial charge on any atom is -0.394 e. The molecular weight excluding hydrogens is 554 g/mol. The zero-order chi connectivity index (χ0) is 30.4. The van der Waals surface area contributed by atoms with Crippen molar-refractivity contribution >= 4 is 17.7 Å². The minimum absolute atomic E-state index is 0.0543. The van der Waals surface area contributed by atoms with Gasteiger partial charge in [0.2, 0.25) is 17.7 Å². The first-order chi connectivity index (χ1) is 19.3. The Morgan fingerprint density at radius 2 is 1.63 bits per heavy atom. The van der Waals surface area contributed by atoms with Crippen LogP contribution >= 0.6 is 0 Å². The molecule has 10 atom stereocenters. The Morgan fingerprint density at radius 3 is 2.27 bits per heavy atom. The van der Waals surface area contributed by atoms with Crippen molar-refractivity contribution in [2.75, 3.05) is 13.2 Å². The number of amides is 3. The van der Waals surface area contributed by atoms with Crippen LogP contribution in [0.1, 0.15) is 31.9 Å². The second-order valence-electron chi connectivity index (χ2n) is 9.86. The third-order valence-electron chi connectivity index (χ3n) is 6.89. The molecule has 0 aliphatic carbocycles. The number of primary amides is 1. The average molecular weight is 590 g/mol. The van der Waals surface area contributed by atoms with E-state index in [1.807, 2.05) is 4.98 Å². The van der Waals surface area contributed by atoms with E-state index in [2.05, 4.69) is 10.6 Å². The Kier molecular flexibility index (Phi) is 11.1. The number of ether oxygens (including phenoxy) is 2. The van der Waals surface area contributed by atoms with Crippen molar-refractivity contribution in [3.05, 3.63) is 33.1 Å². The number of hydrogen-bond acceptors (Lipinski definition) is 13. The first kappa shape index (κ1) is 32.3. The van der Waals surface area contributed by atoms with Crippen LogP contribution < -0.4 is 27.6 Å². The lowest BCUT2D eigenvalue weighted by molar-refractivity contribution is -0.229. The summed E-state index contributed by atoms with van der Waals surface area (Å²) in [5.74, 6) is -2.22. The van der Waals surface area contributed by atoms with Gasteiger partial charge in [0.15, 0.2) is 6.23 Å². The molecule has 1 unspecified atom stereocenters. The molecule has 0 radical (unpaired) electrons. The highest BCUT2D eigenvalue weighted by atomic mass is 16.6. The summed E-state index contributed by atoms with van der Waals surface area (Å²) in [6.07, 6.45) is -12.8. The Bertz CT molecular complexity index is 1190. The van der Waals surface area contributed by atoms with E-state index in [4.69, 9.17) is 15.2 Å². The SMILES string of the molecule is NC(=O)CCC[C@H](NC(=O)C[C@H]1O[C@H](CO)[C@H](O)[C@H](O)[C@H]1O)C(=O)NCC1O[C@@H](n2ccc(=O)[nH]c2=O)[C@H](O)[C@@H]1O. The second-order valence-corrected chi connectivity index (χ2v) is 9.86. The van der Waals surface area contributed by atoms with Gasteiger partial charge in [-0.25, -0.2) is 4.79 Å². The molecular formula is C23H35N5O13. The maximum Gasteiger partial charge on any atom is 0.330 e. The predicted octanol–water partition coefficient (Wildman–Crippen LogP) is -6.36. The van der Waals surface area contributed by atoms with Crippen molar-refractivity contribution in [1.29, 1.82) is 0 Å². The molecule has 0 spiro atoms. The van der Waals surface area contributed by atoms with E-state index >= 15 is 0 Å². The van der Waals surface area contributed by atoms with E-state index in [9.17, 15) is 54.6 Å². The van der Waals surface area contributed by atoms with Crippen molar-refractivity contribution in [3.8, 4) is 0 Å². The highest BCUT2D eigenvalue weighted by Crippen LogP contribution is 2.28. The number of H-pyrrole nitrogens is 1. The zero-order valence-electron chi connectivity index (χ0n) is 21.7. The van der Waals surface area contributed by atoms with Gasteiger partial charge in [0.1, 0.15) is 48.8 Å². The first-order valence-corrected chi connectivity index (χ1v) is 12.8. The molecule has 1 aromatic heterocycles. The van der Waals surface area contributed by atoms with Gasteiger partial charge >= 0.3 is 5.69 Å². The topological polar surface area (TPSA) is 296 Å². The predicted molar refractivity (Wildman–Crippen MR) is 134 cm³/mol. The quantitative estimate of drug-likeness (QED) is 0.109. The first-order valence-electron chi connectivity index (χ1n) is 12.8. The summed E-state index contributed by atoms with van der Waals surface area (Å²) in [5.41, 5.74) is 3.57. The number of aromatic nitrogens is 2. The lowest BCUT2D eigenvalue weighted by Crippen LogP contribution is -2.59. The highest BCUT2D eigenvalue weighted by Gasteiger charge is 2.45. The summed E-state index contributed by atoms with van der Waals surface area (Å²) in [7, 11) is 0. The van der Waals surface area contributed by atoms with E-state index in [1.165, 1.54) is 0 Å². The standard InChI is InChI=1S/C23H35N5O13/c24-13(30)3-1-2-9(26-15(32)6-10-16(33)19(36)18(35)12(8-29)40-10)21(38)25-7-11-17(34)20(37)22(41-11)28-5-4-14(31)27-23(28)39/h4-5,9-12,16-20,22,29,33-37H,1-3,6-8H2,(H2,24,30)(H,25,38)(H,26,32)(H,27,31,39)/t9-,10+,11?,12+,16-,17+,18-,19+,20+,22+/m0/s1. The summed E-state index contributed by atoms with van der Waals surface area (Å²) in [4.78, 5) is 62.2. The summed E-state index contributed by atoms with van der Waals surface area (Å²) >= 11 is 0. The number of aliphatic hydroxyl groups is 6. The molecule has 11 N–H and O–H groups in total. The summed E-state index contributed by atoms with van der Waals surface area (Å²) in [6.45, 7) is -1.07. The number of nitrogens with one attached hydrogen (secondary N) is 3. The molecule has 0 saturated carbocycles. The van der Waals surface area contributed by atoms with Crippen molar-refractivity contribution in [2.24, 2.45) is 5.73 Å². The smallest absolute Gasteiger partial charge is 0.330 e. The Hall–Kier alpha value is -3.23. The van der Waals surface area contributed by atoms with Crippen molar-refractivity contribution in [2.45, 2.75) is 86.8 Å². The van der Waals surface area contributed by atoms with Gasteiger partial charge in [0.05, 0.1) is 19.1 Å². The van der Waals surface area contributed by atoms with Crippen LogP contribution in [0.3, 0.4) is 0 Å². The molecule has 41 heavy (non-hydrogen) atoms. The lowest BCUT2D eigenvalue weighted by atomic mass is 9.93. The van der Waals surface area contributed by atoms with E-state index in [0.29, 0.717) is 0 Å². The Morgan fingerprint density at radius 1 is 0.976 bits per heavy atom. The van der Waals surface area contributed by atoms with Crippen molar-refractivity contribution < 1.29 is 54.5 Å². The third kappa shape index (κ3) is 7.95. The van der Waals surface area contributed by atoms with Crippen molar-refractivity contribution in [1.82, 2.24) is 20.2 Å². The molecule has 18 nitrogen and oxygen atoms in total. The normalized spacial score (nSPS) is 32.3. The van der Waals surface area contributed by atoms with Crippen LogP contribution in [0.2, 0.25) is 0 Å². The van der Waals surface area contributed by atoms with Crippen LogP contribution in [0.25, 0.3) is 0 Å². The van der Waals surface area contributed by atoms with Gasteiger partial charge in [0, 0.05) is 25.2 Å². The van der Waals surface area contributed by atoms with Crippen LogP contribution in [-0.4, -0.2) is 126 Å². The second kappa shape index (κ2) is 14.1. The maximum atomic E-state index is 13.0. The molecule has 3 amide bonds. The van der Waals surface area contributed by atoms with Gasteiger partial charge in [-0.05, 0) is 12.8 Å². The van der Waals surface area contributed by atoms with Crippen LogP contribution in [0.4, 0.5) is 0 Å². The molecule has 0 bridgehead atoms. The van der Waals surface area contributed by atoms with Crippen LogP contribution in [0, 0.1) is 0 Å². The van der Waals surface area contributed by atoms with E-state index in [1.54, 1.807) is 0 Å². The third-order valence-corrected chi connectivity index (χ3v) is 6.89. The molecule has 18 heteroatoms. The van der Waals surface area contributed by atoms with Gasteiger partial charge in [-0.2, -0.15) is 0 Å². The zero-order valence-corrected chi connectivity index (χ0v) is 21.7. The summed E-state index contributed by atoms with van der Waals surface area (Å²) in [6, 6.07) is -0.226. The van der Waals surface area contributed by atoms with E-state index in [0.717, 1.165) is 16.8 Å². The van der Waals surface area contributed by atoms with Crippen molar-refractivity contribution in [3.63, 3.8) is 0 Å². The Balaban J connectivity index is 1.63. The average Bonchev–Trinajstić information content (AvgIpc) is 3.19. The fourth-order valence-electron chi connectivity index (χ4n) is 4.61. The number of hydrogen-bond donors (Lipinski definition) is 10. The van der Waals surface area contributed by atoms with Gasteiger partial charge in [-0.1, -0.05) is 0 Å². The van der Waals surface area contributed by atoms with Gasteiger partial charge in [0.25, 0.3) is 5.56 Å². The monoisotopic (exact) mass is 589 g/mol. The van der Waals surface area contributed by atoms with Crippen LogP contribution in [0.5, 0.6) is 0 Å². The molecule has 2 saturated heterocycles. The maximum absolute atomic E-state index is 13.0.